The van der Waals surface area contributed by atoms with Crippen molar-refractivity contribution >= 4 is 23.0 Å². The van der Waals surface area contributed by atoms with Crippen molar-refractivity contribution in [3.05, 3.63) is 112 Å². The summed E-state index contributed by atoms with van der Waals surface area (Å²) in [6.45, 7) is 1.90. The molecule has 1 unspecified atom stereocenters. The fraction of sp³-hybridized carbons (Fsp3) is 0.115. The highest BCUT2D eigenvalue weighted by atomic mass is 32.1. The summed E-state index contributed by atoms with van der Waals surface area (Å²) in [6.07, 6.45) is 4.84. The summed E-state index contributed by atoms with van der Waals surface area (Å²) in [5, 5.41) is 11.6. The molecular weight excluding hydrogens is 448 g/mol. The van der Waals surface area contributed by atoms with Crippen molar-refractivity contribution in [3.8, 4) is 10.6 Å². The highest BCUT2D eigenvalue weighted by Gasteiger charge is 2.44. The third kappa shape index (κ3) is 3.88. The van der Waals surface area contributed by atoms with Gasteiger partial charge in [0.25, 0.3) is 5.91 Å². The minimum absolute atomic E-state index is 0.0403. The first-order valence-corrected chi connectivity index (χ1v) is 11.5. The maximum atomic E-state index is 13.8. The van der Waals surface area contributed by atoms with Gasteiger partial charge >= 0.3 is 0 Å². The minimum Gasteiger partial charge on any atom is -0.503 e. The van der Waals surface area contributed by atoms with E-state index in [1.54, 1.807) is 49.8 Å². The molecule has 1 aliphatic heterocycles. The van der Waals surface area contributed by atoms with E-state index in [4.69, 9.17) is 0 Å². The van der Waals surface area contributed by atoms with Crippen molar-refractivity contribution < 1.29 is 14.7 Å². The van der Waals surface area contributed by atoms with E-state index in [1.807, 2.05) is 36.4 Å². The number of amides is 1. The molecule has 0 radical (unpaired) electrons. The maximum absolute atomic E-state index is 13.8. The largest absolute Gasteiger partial charge is 0.503 e. The van der Waals surface area contributed by atoms with Crippen molar-refractivity contribution in [2.45, 2.75) is 19.5 Å². The molecule has 4 aromatic rings. The Labute approximate surface area is 200 Å². The lowest BCUT2D eigenvalue weighted by molar-refractivity contribution is -0.130. The number of carbonyl (C=O) groups excluding carboxylic acids is 2. The van der Waals surface area contributed by atoms with E-state index in [-0.39, 0.29) is 12.1 Å². The van der Waals surface area contributed by atoms with Crippen LogP contribution < -0.4 is 0 Å². The predicted octanol–water partition coefficient (Wildman–Crippen LogP) is 4.69. The van der Waals surface area contributed by atoms with Gasteiger partial charge in [0.1, 0.15) is 5.01 Å². The molecule has 1 aromatic carbocycles. The van der Waals surface area contributed by atoms with Gasteiger partial charge < -0.3 is 10.0 Å². The van der Waals surface area contributed by atoms with Crippen LogP contribution in [0.25, 0.3) is 10.6 Å². The van der Waals surface area contributed by atoms with E-state index in [9.17, 15) is 14.7 Å². The number of ketones is 1. The van der Waals surface area contributed by atoms with Crippen LogP contribution in [0.15, 0.2) is 90.6 Å². The number of benzene rings is 1. The molecule has 1 aliphatic rings. The van der Waals surface area contributed by atoms with Gasteiger partial charge in [0.05, 0.1) is 34.4 Å². The average molecular weight is 469 g/mol. The molecule has 1 N–H and O–H groups in total. The van der Waals surface area contributed by atoms with Gasteiger partial charge in [0, 0.05) is 24.2 Å². The van der Waals surface area contributed by atoms with Gasteiger partial charge in [-0.15, -0.1) is 11.3 Å². The van der Waals surface area contributed by atoms with Crippen LogP contribution in [0.4, 0.5) is 0 Å². The zero-order chi connectivity index (χ0) is 23.7. The van der Waals surface area contributed by atoms with Crippen LogP contribution in [0.1, 0.15) is 32.7 Å². The van der Waals surface area contributed by atoms with Crippen LogP contribution in [-0.2, 0) is 11.3 Å². The Bertz CT molecular complexity index is 1390. The van der Waals surface area contributed by atoms with Crippen molar-refractivity contribution in [1.29, 1.82) is 0 Å². The summed E-state index contributed by atoms with van der Waals surface area (Å²) in [6, 6.07) is 17.7. The Morgan fingerprint density at radius 2 is 1.76 bits per heavy atom. The molecule has 34 heavy (non-hydrogen) atoms. The standard InChI is InChI=1S/C26H20N4O3S/c1-16-24(34-25(29-16)18-7-3-2-4-8-18)22(31)20-21(17-10-13-27-14-11-17)30(26(33)23(20)32)15-19-9-5-6-12-28-19/h2-14,21,32H,15H2,1H3. The average Bonchev–Trinajstić information content (AvgIpc) is 3.38. The van der Waals surface area contributed by atoms with Crippen LogP contribution in [0.5, 0.6) is 0 Å². The predicted molar refractivity (Wildman–Crippen MR) is 128 cm³/mol. The fourth-order valence-electron chi connectivity index (χ4n) is 4.04. The first-order chi connectivity index (χ1) is 16.5. The number of aromatic nitrogens is 3. The molecule has 3 aromatic heterocycles. The third-order valence-electron chi connectivity index (χ3n) is 5.65. The molecule has 0 bridgehead atoms. The number of hydrogen-bond acceptors (Lipinski definition) is 7. The quantitative estimate of drug-likeness (QED) is 0.413. The van der Waals surface area contributed by atoms with E-state index in [0.717, 1.165) is 5.56 Å². The second-order valence-corrected chi connectivity index (χ2v) is 8.83. The lowest BCUT2D eigenvalue weighted by Gasteiger charge is -2.26. The second-order valence-electron chi connectivity index (χ2n) is 7.83. The number of Topliss-reactive ketones (excluding diaryl/α,β-unsaturated/α-hetero) is 1. The number of thiazole rings is 1. The van der Waals surface area contributed by atoms with Gasteiger partial charge in [-0.3, -0.25) is 19.6 Å². The summed E-state index contributed by atoms with van der Waals surface area (Å²) in [5.41, 5.74) is 2.82. The topological polar surface area (TPSA) is 96.3 Å². The molecular formula is C26H20N4O3S. The molecule has 5 rings (SSSR count). The molecule has 8 heteroatoms. The zero-order valence-electron chi connectivity index (χ0n) is 18.3. The first kappa shape index (κ1) is 21.7. The highest BCUT2D eigenvalue weighted by Crippen LogP contribution is 2.41. The normalized spacial score (nSPS) is 15.7. The van der Waals surface area contributed by atoms with Gasteiger partial charge in [-0.25, -0.2) is 4.98 Å². The number of hydrogen-bond donors (Lipinski definition) is 1. The number of pyridine rings is 2. The molecule has 0 saturated carbocycles. The Hall–Kier alpha value is -4.17. The van der Waals surface area contributed by atoms with Crippen LogP contribution in [0.2, 0.25) is 0 Å². The van der Waals surface area contributed by atoms with Crippen molar-refractivity contribution in [2.75, 3.05) is 0 Å². The second kappa shape index (κ2) is 8.99. The number of rotatable bonds is 6. The molecule has 0 fully saturated rings. The van der Waals surface area contributed by atoms with E-state index >= 15 is 0 Å². The van der Waals surface area contributed by atoms with Crippen molar-refractivity contribution in [3.63, 3.8) is 0 Å². The summed E-state index contributed by atoms with van der Waals surface area (Å²) < 4.78 is 0. The van der Waals surface area contributed by atoms with Gasteiger partial charge in [0.15, 0.2) is 5.76 Å². The summed E-state index contributed by atoms with van der Waals surface area (Å²) in [5.74, 6) is -1.56. The van der Waals surface area contributed by atoms with Crippen LogP contribution in [0, 0.1) is 6.92 Å². The minimum atomic E-state index is -0.772. The third-order valence-corrected chi connectivity index (χ3v) is 6.86. The zero-order valence-corrected chi connectivity index (χ0v) is 19.1. The highest BCUT2D eigenvalue weighted by molar-refractivity contribution is 7.17. The van der Waals surface area contributed by atoms with Crippen LogP contribution in [0.3, 0.4) is 0 Å². The van der Waals surface area contributed by atoms with E-state index < -0.39 is 23.5 Å². The van der Waals surface area contributed by atoms with Crippen LogP contribution >= 0.6 is 11.3 Å². The molecule has 0 spiro atoms. The number of aryl methyl sites for hydroxylation is 1. The molecule has 1 amide bonds. The Balaban J connectivity index is 1.57. The molecule has 1 atom stereocenters. The SMILES string of the molecule is Cc1nc(-c2ccccc2)sc1C(=O)C1=C(O)C(=O)N(Cc2ccccn2)C1c1ccncc1. The monoisotopic (exact) mass is 468 g/mol. The van der Waals surface area contributed by atoms with Crippen molar-refractivity contribution in [2.24, 2.45) is 0 Å². The first-order valence-electron chi connectivity index (χ1n) is 10.7. The summed E-state index contributed by atoms with van der Waals surface area (Å²) in [4.78, 5) is 41.8. The molecule has 0 aliphatic carbocycles. The number of nitrogens with zero attached hydrogens (tertiary/aromatic N) is 4. The molecule has 0 saturated heterocycles. The fourth-order valence-corrected chi connectivity index (χ4v) is 5.07. The van der Waals surface area contributed by atoms with E-state index in [2.05, 4.69) is 15.0 Å². The maximum Gasteiger partial charge on any atom is 0.290 e. The van der Waals surface area contributed by atoms with Crippen LogP contribution in [-0.4, -0.2) is 36.6 Å². The lowest BCUT2D eigenvalue weighted by Crippen LogP contribution is -2.31. The number of aliphatic hydroxyl groups excluding tert-OH is 1. The molecule has 168 valence electrons. The lowest BCUT2D eigenvalue weighted by atomic mass is 9.95. The smallest absolute Gasteiger partial charge is 0.290 e. The van der Waals surface area contributed by atoms with Gasteiger partial charge in [0.2, 0.25) is 5.78 Å². The number of carbonyl (C=O) groups is 2. The van der Waals surface area contributed by atoms with Crippen molar-refractivity contribution in [1.82, 2.24) is 19.9 Å². The Morgan fingerprint density at radius 3 is 2.47 bits per heavy atom. The Kier molecular flexibility index (Phi) is 5.73. The molecule has 4 heterocycles. The van der Waals surface area contributed by atoms with E-state index in [1.165, 1.54) is 16.2 Å². The summed E-state index contributed by atoms with van der Waals surface area (Å²) in [7, 11) is 0. The summed E-state index contributed by atoms with van der Waals surface area (Å²) >= 11 is 1.25. The Morgan fingerprint density at radius 1 is 1.03 bits per heavy atom. The van der Waals surface area contributed by atoms with Gasteiger partial charge in [-0.05, 0) is 36.8 Å². The van der Waals surface area contributed by atoms with E-state index in [0.29, 0.717) is 26.8 Å². The number of aliphatic hydroxyl groups is 1. The van der Waals surface area contributed by atoms with Gasteiger partial charge in [-0.2, -0.15) is 0 Å². The van der Waals surface area contributed by atoms with Gasteiger partial charge in [-0.1, -0.05) is 36.4 Å². The molecule has 7 nitrogen and oxygen atoms in total.